The Labute approximate surface area is 122 Å². The van der Waals surface area contributed by atoms with Gasteiger partial charge in [-0.2, -0.15) is 0 Å². The van der Waals surface area contributed by atoms with Crippen molar-refractivity contribution in [1.29, 1.82) is 0 Å². The van der Waals surface area contributed by atoms with Gasteiger partial charge in [0.1, 0.15) is 5.54 Å². The summed E-state index contributed by atoms with van der Waals surface area (Å²) in [4.78, 5) is 14.3. The van der Waals surface area contributed by atoms with E-state index in [4.69, 9.17) is 0 Å². The molecule has 4 heteroatoms. The maximum absolute atomic E-state index is 11.8. The minimum Gasteiger partial charge on any atom is -0.480 e. The van der Waals surface area contributed by atoms with Crippen LogP contribution >= 0.6 is 0 Å². The fourth-order valence-electron chi connectivity index (χ4n) is 3.68. The van der Waals surface area contributed by atoms with Crippen molar-refractivity contribution >= 4 is 5.97 Å². The topological polar surface area (TPSA) is 52.6 Å². The molecule has 4 nitrogen and oxygen atoms in total. The first kappa shape index (κ1) is 15.8. The minimum atomic E-state index is -0.700. The quantitative estimate of drug-likeness (QED) is 0.753. The van der Waals surface area contributed by atoms with Crippen LogP contribution in [0.15, 0.2) is 0 Å². The lowest BCUT2D eigenvalue weighted by atomic mass is 9.78. The first-order valence-electron chi connectivity index (χ1n) is 8.22. The standard InChI is InChI=1S/C16H30N2O2/c1-4-17-16(15(19)20)9-5-6-14(10-16)18(12(2)3)11-13-7-8-13/h12-14,17H,4-11H2,1-3H3,(H,19,20). The maximum Gasteiger partial charge on any atom is 0.323 e. The van der Waals surface area contributed by atoms with Crippen LogP contribution in [0.2, 0.25) is 0 Å². The summed E-state index contributed by atoms with van der Waals surface area (Å²) in [5.41, 5.74) is -0.700. The first-order chi connectivity index (χ1) is 9.48. The molecule has 2 aliphatic rings. The van der Waals surface area contributed by atoms with Crippen LogP contribution in [-0.4, -0.2) is 46.7 Å². The van der Waals surface area contributed by atoms with Gasteiger partial charge >= 0.3 is 5.97 Å². The number of carboxylic acid groups (broad SMARTS) is 1. The molecule has 20 heavy (non-hydrogen) atoms. The number of hydrogen-bond acceptors (Lipinski definition) is 3. The van der Waals surface area contributed by atoms with E-state index >= 15 is 0 Å². The van der Waals surface area contributed by atoms with Crippen LogP contribution in [0.1, 0.15) is 59.3 Å². The SMILES string of the molecule is CCNC1(C(=O)O)CCCC(N(CC2CC2)C(C)C)C1. The second kappa shape index (κ2) is 6.44. The molecule has 0 heterocycles. The summed E-state index contributed by atoms with van der Waals surface area (Å²) in [6, 6.07) is 0.923. The lowest BCUT2D eigenvalue weighted by Crippen LogP contribution is -2.59. The molecule has 116 valence electrons. The molecule has 2 fully saturated rings. The zero-order chi connectivity index (χ0) is 14.8. The third-order valence-electron chi connectivity index (χ3n) is 4.95. The number of hydrogen-bond donors (Lipinski definition) is 2. The lowest BCUT2D eigenvalue weighted by molar-refractivity contribution is -0.147. The molecule has 2 atom stereocenters. The number of nitrogens with zero attached hydrogens (tertiary/aromatic N) is 1. The lowest BCUT2D eigenvalue weighted by Gasteiger charge is -2.44. The molecule has 2 unspecified atom stereocenters. The highest BCUT2D eigenvalue weighted by Gasteiger charge is 2.44. The van der Waals surface area contributed by atoms with Gasteiger partial charge in [0, 0.05) is 18.6 Å². The molecule has 0 radical (unpaired) electrons. The fraction of sp³-hybridized carbons (Fsp3) is 0.938. The molecular weight excluding hydrogens is 252 g/mol. The average molecular weight is 282 g/mol. The van der Waals surface area contributed by atoms with E-state index in [2.05, 4.69) is 24.1 Å². The van der Waals surface area contributed by atoms with E-state index in [1.54, 1.807) is 0 Å². The Balaban J connectivity index is 2.07. The molecule has 0 aromatic rings. The summed E-state index contributed by atoms with van der Waals surface area (Å²) < 4.78 is 0. The van der Waals surface area contributed by atoms with E-state index in [-0.39, 0.29) is 0 Å². The van der Waals surface area contributed by atoms with E-state index in [1.165, 1.54) is 12.8 Å². The normalized spacial score (nSPS) is 30.9. The van der Waals surface area contributed by atoms with Crippen molar-refractivity contribution < 1.29 is 9.90 Å². The van der Waals surface area contributed by atoms with Gasteiger partial charge in [-0.25, -0.2) is 0 Å². The monoisotopic (exact) mass is 282 g/mol. The van der Waals surface area contributed by atoms with Crippen LogP contribution in [0.3, 0.4) is 0 Å². The van der Waals surface area contributed by atoms with Gasteiger partial charge in [-0.3, -0.25) is 9.69 Å². The first-order valence-corrected chi connectivity index (χ1v) is 8.22. The van der Waals surface area contributed by atoms with Crippen molar-refractivity contribution in [3.05, 3.63) is 0 Å². The largest absolute Gasteiger partial charge is 0.480 e. The average Bonchev–Trinajstić information content (AvgIpc) is 3.20. The summed E-state index contributed by atoms with van der Waals surface area (Å²) in [6.45, 7) is 8.37. The summed E-state index contributed by atoms with van der Waals surface area (Å²) in [7, 11) is 0. The second-order valence-corrected chi connectivity index (χ2v) is 6.90. The number of carboxylic acids is 1. The van der Waals surface area contributed by atoms with Crippen LogP contribution in [0.4, 0.5) is 0 Å². The van der Waals surface area contributed by atoms with Crippen molar-refractivity contribution in [3.8, 4) is 0 Å². The predicted octanol–water partition coefficient (Wildman–Crippen LogP) is 2.48. The number of likely N-dealkylation sites (N-methyl/N-ethyl adjacent to an activating group) is 1. The van der Waals surface area contributed by atoms with Gasteiger partial charge in [0.05, 0.1) is 0 Å². The van der Waals surface area contributed by atoms with Gasteiger partial charge in [-0.15, -0.1) is 0 Å². The van der Waals surface area contributed by atoms with Crippen molar-refractivity contribution in [1.82, 2.24) is 10.2 Å². The summed E-state index contributed by atoms with van der Waals surface area (Å²) in [6.07, 6.45) is 6.38. The molecule has 2 rings (SSSR count). The molecule has 2 N–H and O–H groups in total. The summed E-state index contributed by atoms with van der Waals surface area (Å²) >= 11 is 0. The second-order valence-electron chi connectivity index (χ2n) is 6.90. The molecule has 0 aliphatic heterocycles. The Hall–Kier alpha value is -0.610. The Kier molecular flexibility index (Phi) is 5.08. The Morgan fingerprint density at radius 1 is 1.40 bits per heavy atom. The third-order valence-corrected chi connectivity index (χ3v) is 4.95. The third kappa shape index (κ3) is 3.53. The van der Waals surface area contributed by atoms with Crippen molar-refractivity contribution in [2.75, 3.05) is 13.1 Å². The number of aliphatic carboxylic acids is 1. The van der Waals surface area contributed by atoms with Crippen molar-refractivity contribution in [3.63, 3.8) is 0 Å². The maximum atomic E-state index is 11.8. The van der Waals surface area contributed by atoms with Gasteiger partial charge in [-0.1, -0.05) is 6.92 Å². The number of carbonyl (C=O) groups is 1. The van der Waals surface area contributed by atoms with Crippen LogP contribution in [-0.2, 0) is 4.79 Å². The molecule has 0 bridgehead atoms. The van der Waals surface area contributed by atoms with Crippen LogP contribution in [0, 0.1) is 5.92 Å². The molecule has 2 saturated carbocycles. The van der Waals surface area contributed by atoms with Crippen molar-refractivity contribution in [2.45, 2.75) is 76.9 Å². The summed E-state index contributed by atoms with van der Waals surface area (Å²) in [5.74, 6) is 0.192. The minimum absolute atomic E-state index is 0.416. The zero-order valence-corrected chi connectivity index (χ0v) is 13.2. The molecular formula is C16H30N2O2. The van der Waals surface area contributed by atoms with E-state index in [0.29, 0.717) is 12.1 Å². The van der Waals surface area contributed by atoms with Gasteiger partial charge in [-0.05, 0) is 64.8 Å². The molecule has 0 aromatic heterocycles. The van der Waals surface area contributed by atoms with Crippen LogP contribution < -0.4 is 5.32 Å². The van der Waals surface area contributed by atoms with Gasteiger partial charge < -0.3 is 10.4 Å². The highest BCUT2D eigenvalue weighted by Crippen LogP contribution is 2.36. The van der Waals surface area contributed by atoms with E-state index in [0.717, 1.165) is 44.7 Å². The Morgan fingerprint density at radius 2 is 2.10 bits per heavy atom. The predicted molar refractivity (Wildman–Crippen MR) is 80.9 cm³/mol. The van der Waals surface area contributed by atoms with E-state index < -0.39 is 11.5 Å². The Morgan fingerprint density at radius 3 is 2.60 bits per heavy atom. The van der Waals surface area contributed by atoms with Crippen LogP contribution in [0.5, 0.6) is 0 Å². The van der Waals surface area contributed by atoms with Crippen LogP contribution in [0.25, 0.3) is 0 Å². The van der Waals surface area contributed by atoms with E-state index in [1.807, 2.05) is 6.92 Å². The van der Waals surface area contributed by atoms with Crippen molar-refractivity contribution in [2.24, 2.45) is 5.92 Å². The molecule has 2 aliphatic carbocycles. The highest BCUT2D eigenvalue weighted by molar-refractivity contribution is 5.79. The zero-order valence-electron chi connectivity index (χ0n) is 13.2. The summed E-state index contributed by atoms with van der Waals surface area (Å²) in [5, 5.41) is 12.9. The smallest absolute Gasteiger partial charge is 0.323 e. The van der Waals surface area contributed by atoms with E-state index in [9.17, 15) is 9.90 Å². The number of nitrogens with one attached hydrogen (secondary N) is 1. The molecule has 0 amide bonds. The molecule has 0 aromatic carbocycles. The molecule has 0 saturated heterocycles. The van der Waals surface area contributed by atoms with Gasteiger partial charge in [0.15, 0.2) is 0 Å². The number of rotatable bonds is 7. The fourth-order valence-corrected chi connectivity index (χ4v) is 3.68. The highest BCUT2D eigenvalue weighted by atomic mass is 16.4. The molecule has 0 spiro atoms. The Bertz CT molecular complexity index is 337. The van der Waals surface area contributed by atoms with Gasteiger partial charge in [0.25, 0.3) is 0 Å². The van der Waals surface area contributed by atoms with Gasteiger partial charge in [0.2, 0.25) is 0 Å².